The zero-order valence-electron chi connectivity index (χ0n) is 10.3. The first kappa shape index (κ1) is 13.9. The fraction of sp³-hybridized carbons (Fsp3) is 0.417. The van der Waals surface area contributed by atoms with Crippen LogP contribution >= 0.6 is 0 Å². The van der Waals surface area contributed by atoms with Crippen LogP contribution in [0, 0.1) is 17.1 Å². The molecule has 1 heterocycles. The van der Waals surface area contributed by atoms with E-state index in [1.165, 1.54) is 22.5 Å². The lowest BCUT2D eigenvalue weighted by atomic mass is 10.3. The molecule has 102 valence electrons. The maximum atomic E-state index is 13.1. The molecule has 1 aromatic rings. The van der Waals surface area contributed by atoms with Crippen LogP contribution in [0.5, 0.6) is 0 Å². The van der Waals surface area contributed by atoms with Gasteiger partial charge < -0.3 is 0 Å². The summed E-state index contributed by atoms with van der Waals surface area (Å²) in [6, 6.07) is 7.05. The number of nitriles is 1. The van der Waals surface area contributed by atoms with Crippen molar-refractivity contribution in [2.75, 3.05) is 32.7 Å². The normalized spacial score (nSPS) is 18.1. The van der Waals surface area contributed by atoms with Gasteiger partial charge in [-0.2, -0.15) is 9.57 Å². The number of sulfonamides is 1. The standard InChI is InChI=1S/C12H14FN3O2S/c13-11-2-1-3-12(10-11)19(17,18)16-8-6-15(5-4-14)7-9-16/h1-3,10H,5-9H2. The second-order valence-electron chi connectivity index (χ2n) is 4.30. The average molecular weight is 283 g/mol. The predicted octanol–water partition coefficient (Wildman–Crippen LogP) is 0.656. The zero-order chi connectivity index (χ0) is 13.9. The highest BCUT2D eigenvalue weighted by Gasteiger charge is 2.28. The lowest BCUT2D eigenvalue weighted by Crippen LogP contribution is -2.48. The van der Waals surface area contributed by atoms with Crippen LogP contribution in [0.4, 0.5) is 4.39 Å². The molecule has 1 aromatic carbocycles. The van der Waals surface area contributed by atoms with Gasteiger partial charge in [0, 0.05) is 26.2 Å². The summed E-state index contributed by atoms with van der Waals surface area (Å²) in [6.45, 7) is 1.97. The molecule has 0 radical (unpaired) electrons. The fourth-order valence-electron chi connectivity index (χ4n) is 2.00. The van der Waals surface area contributed by atoms with Gasteiger partial charge in [0.05, 0.1) is 17.5 Å². The number of hydrogen-bond acceptors (Lipinski definition) is 4. The molecule has 1 saturated heterocycles. The minimum absolute atomic E-state index is 0.0266. The predicted molar refractivity (Wildman–Crippen MR) is 67.2 cm³/mol. The molecule has 0 saturated carbocycles. The van der Waals surface area contributed by atoms with Crippen molar-refractivity contribution in [3.05, 3.63) is 30.1 Å². The molecule has 7 heteroatoms. The first-order valence-corrected chi connectivity index (χ1v) is 7.33. The van der Waals surface area contributed by atoms with Gasteiger partial charge in [-0.1, -0.05) is 6.07 Å². The molecule has 1 aliphatic heterocycles. The Hall–Kier alpha value is -1.49. The van der Waals surface area contributed by atoms with Crippen molar-refractivity contribution in [3.63, 3.8) is 0 Å². The highest BCUT2D eigenvalue weighted by Crippen LogP contribution is 2.18. The summed E-state index contributed by atoms with van der Waals surface area (Å²) in [5, 5.41) is 8.59. The Morgan fingerprint density at radius 2 is 1.95 bits per heavy atom. The van der Waals surface area contributed by atoms with E-state index in [9.17, 15) is 12.8 Å². The van der Waals surface area contributed by atoms with Crippen LogP contribution in [-0.2, 0) is 10.0 Å². The third kappa shape index (κ3) is 3.10. The molecular weight excluding hydrogens is 269 g/mol. The molecule has 5 nitrogen and oxygen atoms in total. The second kappa shape index (κ2) is 5.65. The molecule has 1 fully saturated rings. The minimum atomic E-state index is -3.64. The van der Waals surface area contributed by atoms with Crippen molar-refractivity contribution in [1.29, 1.82) is 5.26 Å². The maximum Gasteiger partial charge on any atom is 0.243 e. The van der Waals surface area contributed by atoms with E-state index in [2.05, 4.69) is 0 Å². The van der Waals surface area contributed by atoms with E-state index in [0.717, 1.165) is 6.07 Å². The van der Waals surface area contributed by atoms with Crippen molar-refractivity contribution >= 4 is 10.0 Å². The van der Waals surface area contributed by atoms with Gasteiger partial charge in [-0.15, -0.1) is 0 Å². The van der Waals surface area contributed by atoms with Crippen molar-refractivity contribution in [1.82, 2.24) is 9.21 Å². The summed E-state index contributed by atoms with van der Waals surface area (Å²) >= 11 is 0. The van der Waals surface area contributed by atoms with Gasteiger partial charge in [-0.05, 0) is 18.2 Å². The van der Waals surface area contributed by atoms with E-state index >= 15 is 0 Å². The highest BCUT2D eigenvalue weighted by atomic mass is 32.2. The highest BCUT2D eigenvalue weighted by molar-refractivity contribution is 7.89. The molecule has 0 aromatic heterocycles. The average Bonchev–Trinajstić information content (AvgIpc) is 2.40. The van der Waals surface area contributed by atoms with E-state index in [1.807, 2.05) is 11.0 Å². The summed E-state index contributed by atoms with van der Waals surface area (Å²) in [4.78, 5) is 1.86. The summed E-state index contributed by atoms with van der Waals surface area (Å²) in [5.74, 6) is -0.566. The van der Waals surface area contributed by atoms with Gasteiger partial charge in [-0.25, -0.2) is 12.8 Å². The van der Waals surface area contributed by atoms with E-state index < -0.39 is 15.8 Å². The molecule has 0 N–H and O–H groups in total. The molecule has 0 bridgehead atoms. The topological polar surface area (TPSA) is 64.4 Å². The van der Waals surface area contributed by atoms with Crippen LogP contribution in [-0.4, -0.2) is 50.3 Å². The molecule has 19 heavy (non-hydrogen) atoms. The van der Waals surface area contributed by atoms with Gasteiger partial charge in [0.2, 0.25) is 10.0 Å². The third-order valence-electron chi connectivity index (χ3n) is 3.06. The molecule has 0 aliphatic carbocycles. The van der Waals surface area contributed by atoms with Crippen molar-refractivity contribution in [2.24, 2.45) is 0 Å². The van der Waals surface area contributed by atoms with Crippen molar-refractivity contribution in [3.8, 4) is 6.07 Å². The van der Waals surface area contributed by atoms with E-state index in [1.54, 1.807) is 0 Å². The van der Waals surface area contributed by atoms with Crippen LogP contribution in [0.1, 0.15) is 0 Å². The molecular formula is C12H14FN3O2S. The van der Waals surface area contributed by atoms with E-state index in [-0.39, 0.29) is 4.90 Å². The second-order valence-corrected chi connectivity index (χ2v) is 6.23. The number of piperazine rings is 1. The van der Waals surface area contributed by atoms with E-state index in [4.69, 9.17) is 5.26 Å². The lowest BCUT2D eigenvalue weighted by Gasteiger charge is -2.32. The Morgan fingerprint density at radius 3 is 2.53 bits per heavy atom. The first-order valence-electron chi connectivity index (χ1n) is 5.89. The lowest BCUT2D eigenvalue weighted by molar-refractivity contribution is 0.206. The fourth-order valence-corrected chi connectivity index (χ4v) is 3.46. The third-order valence-corrected chi connectivity index (χ3v) is 4.95. The maximum absolute atomic E-state index is 13.1. The monoisotopic (exact) mass is 283 g/mol. The van der Waals surface area contributed by atoms with Crippen LogP contribution in [0.25, 0.3) is 0 Å². The van der Waals surface area contributed by atoms with Crippen LogP contribution < -0.4 is 0 Å². The molecule has 0 amide bonds. The zero-order valence-corrected chi connectivity index (χ0v) is 11.1. The number of nitrogens with zero attached hydrogens (tertiary/aromatic N) is 3. The number of halogens is 1. The molecule has 0 spiro atoms. The first-order chi connectivity index (χ1) is 9.04. The van der Waals surface area contributed by atoms with Crippen LogP contribution in [0.15, 0.2) is 29.2 Å². The molecule has 0 unspecified atom stereocenters. The minimum Gasteiger partial charge on any atom is -0.288 e. The SMILES string of the molecule is N#CCN1CCN(S(=O)(=O)c2cccc(F)c2)CC1. The van der Waals surface area contributed by atoms with Gasteiger partial charge in [0.1, 0.15) is 5.82 Å². The Kier molecular flexibility index (Phi) is 4.14. The van der Waals surface area contributed by atoms with Gasteiger partial charge in [-0.3, -0.25) is 4.90 Å². The summed E-state index contributed by atoms with van der Waals surface area (Å²) in [5.41, 5.74) is 0. The van der Waals surface area contributed by atoms with Gasteiger partial charge in [0.15, 0.2) is 0 Å². The number of rotatable bonds is 3. The quantitative estimate of drug-likeness (QED) is 0.764. The Balaban J connectivity index is 2.12. The molecule has 0 atom stereocenters. The van der Waals surface area contributed by atoms with Gasteiger partial charge in [0.25, 0.3) is 0 Å². The van der Waals surface area contributed by atoms with Crippen LogP contribution in [0.3, 0.4) is 0 Å². The van der Waals surface area contributed by atoms with Gasteiger partial charge >= 0.3 is 0 Å². The largest absolute Gasteiger partial charge is 0.288 e. The van der Waals surface area contributed by atoms with Crippen molar-refractivity contribution < 1.29 is 12.8 Å². The number of benzene rings is 1. The van der Waals surface area contributed by atoms with Crippen molar-refractivity contribution in [2.45, 2.75) is 4.90 Å². The molecule has 1 aliphatic rings. The molecule has 2 rings (SSSR count). The van der Waals surface area contributed by atoms with Crippen LogP contribution in [0.2, 0.25) is 0 Å². The Morgan fingerprint density at radius 1 is 1.26 bits per heavy atom. The Labute approximate surface area is 111 Å². The van der Waals surface area contributed by atoms with E-state index in [0.29, 0.717) is 32.7 Å². The summed E-state index contributed by atoms with van der Waals surface area (Å²) in [7, 11) is -3.64. The Bertz CT molecular complexity index is 589. The number of hydrogen-bond donors (Lipinski definition) is 0. The summed E-state index contributed by atoms with van der Waals surface area (Å²) in [6.07, 6.45) is 0. The summed E-state index contributed by atoms with van der Waals surface area (Å²) < 4.78 is 39.0. The smallest absolute Gasteiger partial charge is 0.243 e.